The second-order valence-corrected chi connectivity index (χ2v) is 4.81. The zero-order valence-electron chi connectivity index (χ0n) is 8.77. The minimum absolute atomic E-state index is 0.332. The fraction of sp³-hybridized carbons (Fsp3) is 0.667. The molecule has 0 bridgehead atoms. The number of ether oxygens (including phenoxy) is 1. The highest BCUT2D eigenvalue weighted by Gasteiger charge is 2.17. The molecule has 1 atom stereocenters. The van der Waals surface area contributed by atoms with Crippen LogP contribution in [0.1, 0.15) is 11.8 Å². The van der Waals surface area contributed by atoms with Crippen LogP contribution >= 0.6 is 11.3 Å². The summed E-state index contributed by atoms with van der Waals surface area (Å²) in [4.78, 5) is 7.75. The lowest BCUT2D eigenvalue weighted by atomic mass is 10.3. The van der Waals surface area contributed by atoms with Crippen molar-refractivity contribution in [2.45, 2.75) is 19.6 Å². The van der Waals surface area contributed by atoms with E-state index in [0.717, 1.165) is 31.4 Å². The number of rotatable bonds is 3. The highest BCUT2D eigenvalue weighted by Crippen LogP contribution is 2.19. The standard InChI is InChI=1S/C9H16N4OS/c1-7-5-13(2-3-14-7)6-8-4-11-9(12-10)15-8/h4,7H,2-3,5-6,10H2,1H3,(H,11,12). The van der Waals surface area contributed by atoms with Gasteiger partial charge in [0.1, 0.15) is 0 Å². The van der Waals surface area contributed by atoms with E-state index in [1.54, 1.807) is 11.3 Å². The van der Waals surface area contributed by atoms with E-state index in [1.807, 2.05) is 6.20 Å². The van der Waals surface area contributed by atoms with Gasteiger partial charge in [0.25, 0.3) is 0 Å². The van der Waals surface area contributed by atoms with E-state index < -0.39 is 0 Å². The first-order valence-corrected chi connectivity index (χ1v) is 5.85. The van der Waals surface area contributed by atoms with Crippen LogP contribution in [0.15, 0.2) is 6.20 Å². The molecular formula is C9H16N4OS. The van der Waals surface area contributed by atoms with Crippen molar-refractivity contribution in [3.63, 3.8) is 0 Å². The summed E-state index contributed by atoms with van der Waals surface area (Å²) in [6.45, 7) is 5.84. The lowest BCUT2D eigenvalue weighted by molar-refractivity contribution is -0.0209. The molecule has 0 saturated carbocycles. The van der Waals surface area contributed by atoms with Crippen LogP contribution in [0.25, 0.3) is 0 Å². The van der Waals surface area contributed by atoms with Gasteiger partial charge in [0.15, 0.2) is 5.13 Å². The first-order valence-electron chi connectivity index (χ1n) is 5.03. The fourth-order valence-electron chi connectivity index (χ4n) is 1.70. The molecule has 1 aromatic heterocycles. The minimum Gasteiger partial charge on any atom is -0.376 e. The molecule has 1 aliphatic rings. The Kier molecular flexibility index (Phi) is 3.53. The average molecular weight is 228 g/mol. The van der Waals surface area contributed by atoms with Crippen molar-refractivity contribution in [3.05, 3.63) is 11.1 Å². The molecule has 1 unspecified atom stereocenters. The number of aromatic nitrogens is 1. The molecule has 0 amide bonds. The number of hydrogen-bond donors (Lipinski definition) is 2. The molecule has 1 aromatic rings. The summed E-state index contributed by atoms with van der Waals surface area (Å²) in [6.07, 6.45) is 2.21. The van der Waals surface area contributed by atoms with Gasteiger partial charge in [-0.1, -0.05) is 11.3 Å². The van der Waals surface area contributed by atoms with Crippen molar-refractivity contribution in [2.24, 2.45) is 5.84 Å². The lowest BCUT2D eigenvalue weighted by Crippen LogP contribution is -2.40. The number of hydrazine groups is 1. The van der Waals surface area contributed by atoms with Crippen molar-refractivity contribution < 1.29 is 4.74 Å². The summed E-state index contributed by atoms with van der Waals surface area (Å²) >= 11 is 1.60. The molecule has 84 valence electrons. The summed E-state index contributed by atoms with van der Waals surface area (Å²) in [5.41, 5.74) is 2.56. The number of nitrogen functional groups attached to an aromatic ring is 1. The topological polar surface area (TPSA) is 63.4 Å². The third-order valence-corrected chi connectivity index (χ3v) is 3.29. The average Bonchev–Trinajstić information content (AvgIpc) is 2.65. The number of nitrogens with zero attached hydrogens (tertiary/aromatic N) is 2. The van der Waals surface area contributed by atoms with Gasteiger partial charge in [-0.3, -0.25) is 10.3 Å². The summed E-state index contributed by atoms with van der Waals surface area (Å²) in [7, 11) is 0. The second kappa shape index (κ2) is 4.89. The Morgan fingerprint density at radius 3 is 3.33 bits per heavy atom. The highest BCUT2D eigenvalue weighted by molar-refractivity contribution is 7.15. The van der Waals surface area contributed by atoms with Gasteiger partial charge in [-0.15, -0.1) is 0 Å². The Balaban J connectivity index is 1.90. The molecule has 1 aliphatic heterocycles. The first-order chi connectivity index (χ1) is 7.28. The smallest absolute Gasteiger partial charge is 0.197 e. The number of nitrogens with two attached hydrogens (primary N) is 1. The van der Waals surface area contributed by atoms with Gasteiger partial charge in [-0.05, 0) is 6.92 Å². The molecule has 0 aromatic carbocycles. The van der Waals surface area contributed by atoms with Crippen molar-refractivity contribution in [2.75, 3.05) is 25.1 Å². The Morgan fingerprint density at radius 1 is 1.80 bits per heavy atom. The SMILES string of the molecule is CC1CN(Cc2cnc(NN)s2)CCO1. The Hall–Kier alpha value is -0.690. The molecule has 0 aliphatic carbocycles. The fourth-order valence-corrected chi connectivity index (χ4v) is 2.47. The van der Waals surface area contributed by atoms with Gasteiger partial charge in [0, 0.05) is 30.7 Å². The first kappa shape index (κ1) is 10.8. The molecular weight excluding hydrogens is 212 g/mol. The minimum atomic E-state index is 0.332. The number of anilines is 1. The maximum absolute atomic E-state index is 5.49. The molecule has 15 heavy (non-hydrogen) atoms. The zero-order valence-corrected chi connectivity index (χ0v) is 9.59. The van der Waals surface area contributed by atoms with Crippen molar-refractivity contribution >= 4 is 16.5 Å². The van der Waals surface area contributed by atoms with Crippen LogP contribution in [0, 0.1) is 0 Å². The molecule has 1 fully saturated rings. The van der Waals surface area contributed by atoms with E-state index in [0.29, 0.717) is 6.10 Å². The quantitative estimate of drug-likeness (QED) is 0.587. The van der Waals surface area contributed by atoms with Crippen molar-refractivity contribution in [1.29, 1.82) is 0 Å². The summed E-state index contributed by atoms with van der Waals surface area (Å²) < 4.78 is 5.49. The van der Waals surface area contributed by atoms with Crippen molar-refractivity contribution in [3.8, 4) is 0 Å². The van der Waals surface area contributed by atoms with E-state index >= 15 is 0 Å². The third-order valence-electron chi connectivity index (χ3n) is 2.38. The van der Waals surface area contributed by atoms with Crippen molar-refractivity contribution in [1.82, 2.24) is 9.88 Å². The molecule has 0 radical (unpaired) electrons. The number of thiazole rings is 1. The molecule has 6 heteroatoms. The van der Waals surface area contributed by atoms with Gasteiger partial charge in [-0.25, -0.2) is 10.8 Å². The van der Waals surface area contributed by atoms with Gasteiger partial charge in [-0.2, -0.15) is 0 Å². The molecule has 2 heterocycles. The lowest BCUT2D eigenvalue weighted by Gasteiger charge is -2.30. The molecule has 3 N–H and O–H groups in total. The predicted molar refractivity (Wildman–Crippen MR) is 60.6 cm³/mol. The van der Waals surface area contributed by atoms with Gasteiger partial charge < -0.3 is 4.74 Å². The predicted octanol–water partition coefficient (Wildman–Crippen LogP) is 0.649. The second-order valence-electron chi connectivity index (χ2n) is 3.69. The summed E-state index contributed by atoms with van der Waals surface area (Å²) in [5.74, 6) is 5.28. The van der Waals surface area contributed by atoms with Crippen LogP contribution in [-0.4, -0.2) is 35.7 Å². The largest absolute Gasteiger partial charge is 0.376 e. The number of hydrogen-bond acceptors (Lipinski definition) is 6. The van der Waals surface area contributed by atoms with Gasteiger partial charge in [0.2, 0.25) is 0 Å². The summed E-state index contributed by atoms with van der Waals surface area (Å²) in [5, 5.41) is 0.770. The molecule has 2 rings (SSSR count). The normalized spacial score (nSPS) is 22.9. The Labute approximate surface area is 93.2 Å². The van der Waals surface area contributed by atoms with Crippen LogP contribution in [0.4, 0.5) is 5.13 Å². The van der Waals surface area contributed by atoms with E-state index in [4.69, 9.17) is 10.6 Å². The van der Waals surface area contributed by atoms with E-state index in [1.165, 1.54) is 4.88 Å². The maximum atomic E-state index is 5.49. The summed E-state index contributed by atoms with van der Waals surface area (Å²) in [6, 6.07) is 0. The van der Waals surface area contributed by atoms with Crippen LogP contribution in [-0.2, 0) is 11.3 Å². The van der Waals surface area contributed by atoms with Gasteiger partial charge >= 0.3 is 0 Å². The van der Waals surface area contributed by atoms with Crippen LogP contribution in [0.2, 0.25) is 0 Å². The van der Waals surface area contributed by atoms with Crippen LogP contribution in [0.5, 0.6) is 0 Å². The van der Waals surface area contributed by atoms with Crippen LogP contribution in [0.3, 0.4) is 0 Å². The van der Waals surface area contributed by atoms with Gasteiger partial charge in [0.05, 0.1) is 12.7 Å². The molecule has 5 nitrogen and oxygen atoms in total. The third kappa shape index (κ3) is 2.88. The Morgan fingerprint density at radius 2 is 2.67 bits per heavy atom. The zero-order chi connectivity index (χ0) is 10.7. The van der Waals surface area contributed by atoms with E-state index in [2.05, 4.69) is 22.2 Å². The van der Waals surface area contributed by atoms with Crippen LogP contribution < -0.4 is 11.3 Å². The van der Waals surface area contributed by atoms with E-state index in [-0.39, 0.29) is 0 Å². The molecule has 0 spiro atoms. The Bertz CT molecular complexity index is 317. The van der Waals surface area contributed by atoms with E-state index in [9.17, 15) is 0 Å². The highest BCUT2D eigenvalue weighted by atomic mass is 32.1. The maximum Gasteiger partial charge on any atom is 0.197 e. The monoisotopic (exact) mass is 228 g/mol. The molecule has 1 saturated heterocycles. The number of morpholine rings is 1. The number of nitrogens with one attached hydrogen (secondary N) is 1.